The molecule has 1 unspecified atom stereocenters. The molecule has 0 spiro atoms. The quantitative estimate of drug-likeness (QED) is 0.166. The molecule has 0 saturated heterocycles. The van der Waals surface area contributed by atoms with E-state index >= 15 is 0 Å². The Labute approximate surface area is 206 Å². The summed E-state index contributed by atoms with van der Waals surface area (Å²) in [6.07, 6.45) is 1.89. The number of ether oxygens (including phenoxy) is 1. The van der Waals surface area contributed by atoms with Gasteiger partial charge in [0, 0.05) is 4.90 Å². The fourth-order valence-electron chi connectivity index (χ4n) is 3.17. The molecule has 176 valence electrons. The number of rotatable bonds is 8. The van der Waals surface area contributed by atoms with E-state index in [1.165, 1.54) is 37.1 Å². The van der Waals surface area contributed by atoms with Gasteiger partial charge in [0.25, 0.3) is 11.6 Å². The zero-order chi connectivity index (χ0) is 24.7. The average Bonchev–Trinajstić information content (AvgIpc) is 2.85. The summed E-state index contributed by atoms with van der Waals surface area (Å²) in [5.41, 5.74) is 0.684. The van der Waals surface area contributed by atoms with Gasteiger partial charge in [-0.1, -0.05) is 55.3 Å². The zero-order valence-electron chi connectivity index (χ0n) is 18.3. The molecule has 0 bridgehead atoms. The third-order valence-corrected chi connectivity index (χ3v) is 6.03. The number of nitrogens with one attached hydrogen (secondary N) is 2. The van der Waals surface area contributed by atoms with Crippen LogP contribution < -0.4 is 15.4 Å². The molecule has 0 aromatic heterocycles. The highest BCUT2D eigenvalue weighted by Gasteiger charge is 2.31. The van der Waals surface area contributed by atoms with Gasteiger partial charge in [-0.15, -0.1) is 11.8 Å². The monoisotopic (exact) mass is 498 g/mol. The molecule has 3 aromatic carbocycles. The van der Waals surface area contributed by atoms with E-state index in [2.05, 4.69) is 23.4 Å². The van der Waals surface area contributed by atoms with Crippen LogP contribution in [0.2, 0.25) is 0 Å². The molecule has 0 saturated carbocycles. The van der Waals surface area contributed by atoms with E-state index < -0.39 is 22.9 Å². The maximum atomic E-state index is 13.3. The molecule has 0 radical (unpaired) electrons. The molecule has 3 aromatic rings. The van der Waals surface area contributed by atoms with Gasteiger partial charge in [0.05, 0.1) is 23.8 Å². The molecule has 0 fully saturated rings. The van der Waals surface area contributed by atoms with Gasteiger partial charge in [-0.05, 0) is 36.1 Å². The second-order valence-electron chi connectivity index (χ2n) is 6.92. The van der Waals surface area contributed by atoms with Crippen LogP contribution in [0.3, 0.4) is 0 Å². The second kappa shape index (κ2) is 11.4. The Morgan fingerprint density at radius 2 is 1.71 bits per heavy atom. The number of nitrogens with zero attached hydrogens (tertiary/aromatic N) is 2. The summed E-state index contributed by atoms with van der Waals surface area (Å²) in [6, 6.07) is 18.0. The second-order valence-corrected chi connectivity index (χ2v) is 8.20. The van der Waals surface area contributed by atoms with Crippen molar-refractivity contribution in [1.29, 1.82) is 0 Å². The highest BCUT2D eigenvalue weighted by atomic mass is 32.2. The van der Waals surface area contributed by atoms with E-state index in [0.717, 1.165) is 9.20 Å². The number of thioether (sulfide) groups is 1. The maximum Gasteiger partial charge on any atom is 0.332 e. The molecule has 1 atom stereocenters. The van der Waals surface area contributed by atoms with Gasteiger partial charge in [-0.3, -0.25) is 19.2 Å². The van der Waals surface area contributed by atoms with Crippen molar-refractivity contribution in [2.75, 3.05) is 24.0 Å². The van der Waals surface area contributed by atoms with Crippen molar-refractivity contribution < 1.29 is 19.2 Å². The van der Waals surface area contributed by atoms with Gasteiger partial charge in [-0.25, -0.2) is 4.79 Å². The predicted molar refractivity (Wildman–Crippen MR) is 136 cm³/mol. The number of amides is 3. The summed E-state index contributed by atoms with van der Waals surface area (Å²) in [5.74, 6) is -0.233. The van der Waals surface area contributed by atoms with E-state index in [1.54, 1.807) is 42.5 Å². The summed E-state index contributed by atoms with van der Waals surface area (Å²) in [7, 11) is 1.38. The first-order chi connectivity index (χ1) is 16.3. The Morgan fingerprint density at radius 3 is 2.35 bits per heavy atom. The molecule has 11 heteroatoms. The van der Waals surface area contributed by atoms with Crippen molar-refractivity contribution in [2.45, 2.75) is 10.9 Å². The molecule has 3 rings (SSSR count). The topological polar surface area (TPSA) is 114 Å². The molecular weight excluding hydrogens is 476 g/mol. The number of hydrogen-bond donors (Lipinski definition) is 3. The van der Waals surface area contributed by atoms with Crippen LogP contribution in [0.5, 0.6) is 5.75 Å². The van der Waals surface area contributed by atoms with Crippen molar-refractivity contribution in [3.8, 4) is 5.75 Å². The van der Waals surface area contributed by atoms with E-state index in [-0.39, 0.29) is 17.1 Å². The summed E-state index contributed by atoms with van der Waals surface area (Å²) in [6.45, 7) is 0. The largest absolute Gasteiger partial charge is 0.496 e. The standard InChI is InChI=1S/C23H22N4O5S2/c1-32-16-12-13-17(19(14-16)27(30)31)25-23(29)26(33)21(15-8-4-3-5-9-15)22(28)24-18-10-6-7-11-20(18)34-2/h3-14,21,33H,1-2H3,(H,24,28)(H,25,29). The van der Waals surface area contributed by atoms with Crippen molar-refractivity contribution in [2.24, 2.45) is 0 Å². The van der Waals surface area contributed by atoms with Crippen LogP contribution in [0.1, 0.15) is 11.6 Å². The number of anilines is 2. The Kier molecular flexibility index (Phi) is 8.39. The Morgan fingerprint density at radius 1 is 1.03 bits per heavy atom. The third-order valence-electron chi connectivity index (χ3n) is 4.82. The SMILES string of the molecule is COc1ccc(NC(=O)N(S)C(C(=O)Nc2ccccc2SC)c2ccccc2)c([N+](=O)[O-])c1. The number of thiol groups is 1. The van der Waals surface area contributed by atoms with Crippen LogP contribution in [0.15, 0.2) is 77.7 Å². The fraction of sp³-hybridized carbons (Fsp3) is 0.130. The lowest BCUT2D eigenvalue weighted by atomic mass is 10.1. The summed E-state index contributed by atoms with van der Waals surface area (Å²) >= 11 is 5.77. The first-order valence-electron chi connectivity index (χ1n) is 9.96. The van der Waals surface area contributed by atoms with E-state index in [0.29, 0.717) is 11.3 Å². The Bertz CT molecular complexity index is 1190. The number of para-hydroxylation sites is 1. The molecular formula is C23H22N4O5S2. The van der Waals surface area contributed by atoms with Crippen LogP contribution in [0, 0.1) is 10.1 Å². The van der Waals surface area contributed by atoms with Crippen LogP contribution in [0.4, 0.5) is 21.9 Å². The summed E-state index contributed by atoms with van der Waals surface area (Å²) in [4.78, 5) is 38.0. The fourth-order valence-corrected chi connectivity index (χ4v) is 4.01. The lowest BCUT2D eigenvalue weighted by molar-refractivity contribution is -0.384. The normalized spacial score (nSPS) is 11.3. The first kappa shape index (κ1) is 24.9. The van der Waals surface area contributed by atoms with Gasteiger partial charge in [0.2, 0.25) is 0 Å². The minimum atomic E-state index is -1.13. The van der Waals surface area contributed by atoms with E-state index in [4.69, 9.17) is 4.74 Å². The van der Waals surface area contributed by atoms with Gasteiger partial charge in [0.1, 0.15) is 17.5 Å². The molecule has 2 N–H and O–H groups in total. The first-order valence-corrected chi connectivity index (χ1v) is 11.6. The third kappa shape index (κ3) is 5.80. The number of nitro groups is 1. The summed E-state index contributed by atoms with van der Waals surface area (Å²) < 4.78 is 5.92. The molecule has 34 heavy (non-hydrogen) atoms. The molecule has 0 aliphatic rings. The minimum absolute atomic E-state index is 0.0604. The van der Waals surface area contributed by atoms with Crippen molar-refractivity contribution in [1.82, 2.24) is 4.31 Å². The number of hydrogen-bond acceptors (Lipinski definition) is 7. The number of nitro benzene ring substituents is 1. The molecule has 0 aliphatic heterocycles. The van der Waals surface area contributed by atoms with Crippen LogP contribution >= 0.6 is 24.6 Å². The Hall–Kier alpha value is -3.70. The highest BCUT2D eigenvalue weighted by Crippen LogP contribution is 2.32. The van der Waals surface area contributed by atoms with E-state index in [1.807, 2.05) is 18.4 Å². The Balaban J connectivity index is 1.90. The molecule has 0 aliphatic carbocycles. The van der Waals surface area contributed by atoms with Crippen LogP contribution in [-0.4, -0.2) is 34.5 Å². The summed E-state index contributed by atoms with van der Waals surface area (Å²) in [5, 5.41) is 16.8. The van der Waals surface area contributed by atoms with Gasteiger partial charge in [-0.2, -0.15) is 0 Å². The van der Waals surface area contributed by atoms with Crippen LogP contribution in [-0.2, 0) is 4.79 Å². The minimum Gasteiger partial charge on any atom is -0.496 e. The molecule has 3 amide bonds. The number of carbonyl (C=O) groups is 2. The van der Waals surface area contributed by atoms with Crippen molar-refractivity contribution in [3.63, 3.8) is 0 Å². The number of urea groups is 1. The number of benzene rings is 3. The van der Waals surface area contributed by atoms with Gasteiger partial charge in [0.15, 0.2) is 0 Å². The smallest absolute Gasteiger partial charge is 0.332 e. The van der Waals surface area contributed by atoms with Gasteiger partial charge >= 0.3 is 6.03 Å². The predicted octanol–water partition coefficient (Wildman–Crippen LogP) is 5.38. The lowest BCUT2D eigenvalue weighted by Gasteiger charge is -2.27. The average molecular weight is 499 g/mol. The highest BCUT2D eigenvalue weighted by molar-refractivity contribution is 7.98. The molecule has 0 heterocycles. The van der Waals surface area contributed by atoms with Gasteiger partial charge < -0.3 is 15.4 Å². The number of methoxy groups -OCH3 is 1. The maximum absolute atomic E-state index is 13.3. The van der Waals surface area contributed by atoms with E-state index in [9.17, 15) is 19.7 Å². The van der Waals surface area contributed by atoms with Crippen LogP contribution in [0.25, 0.3) is 0 Å². The number of carbonyl (C=O) groups excluding carboxylic acids is 2. The zero-order valence-corrected chi connectivity index (χ0v) is 20.0. The lowest BCUT2D eigenvalue weighted by Crippen LogP contribution is -2.38. The molecule has 9 nitrogen and oxygen atoms in total. The van der Waals surface area contributed by atoms with Crippen molar-refractivity contribution >= 4 is 53.6 Å². The van der Waals surface area contributed by atoms with Crippen molar-refractivity contribution in [3.05, 3.63) is 88.5 Å².